The molecule has 1 saturated heterocycles. The second-order valence-electron chi connectivity index (χ2n) is 5.49. The standard InChI is InChI=1S/C17H20N2O3S/c18-14-7-6-12(16-5-3-9-23-16)10-15(14)19-17(20)22-11-13-4-1-2-8-21-13/h3,5-7,9-10,13H,1-2,4,8,11,18H2,(H,19,20). The molecule has 1 aromatic heterocycles. The van der Waals surface area contributed by atoms with Crippen LogP contribution < -0.4 is 11.1 Å². The molecule has 1 aliphatic heterocycles. The van der Waals surface area contributed by atoms with Crippen molar-refractivity contribution >= 4 is 28.8 Å². The molecule has 0 saturated carbocycles. The third kappa shape index (κ3) is 4.24. The summed E-state index contributed by atoms with van der Waals surface area (Å²) in [5.41, 5.74) is 8.02. The summed E-state index contributed by atoms with van der Waals surface area (Å²) >= 11 is 1.64. The van der Waals surface area contributed by atoms with Crippen LogP contribution in [-0.4, -0.2) is 25.4 Å². The molecule has 1 fully saturated rings. The average molecular weight is 332 g/mol. The minimum absolute atomic E-state index is 0.00398. The quantitative estimate of drug-likeness (QED) is 0.826. The number of amides is 1. The summed E-state index contributed by atoms with van der Waals surface area (Å²) in [4.78, 5) is 13.1. The number of anilines is 2. The molecule has 0 spiro atoms. The summed E-state index contributed by atoms with van der Waals surface area (Å²) in [6.45, 7) is 1.02. The number of nitrogen functional groups attached to an aromatic ring is 1. The summed E-state index contributed by atoms with van der Waals surface area (Å²) in [5, 5.41) is 4.73. The summed E-state index contributed by atoms with van der Waals surface area (Å²) in [6.07, 6.45) is 2.63. The van der Waals surface area contributed by atoms with Crippen LogP contribution in [0.4, 0.5) is 16.2 Å². The van der Waals surface area contributed by atoms with Crippen molar-refractivity contribution in [3.05, 3.63) is 35.7 Å². The van der Waals surface area contributed by atoms with Gasteiger partial charge in [0, 0.05) is 11.5 Å². The van der Waals surface area contributed by atoms with Crippen molar-refractivity contribution in [3.8, 4) is 10.4 Å². The van der Waals surface area contributed by atoms with Gasteiger partial charge in [0.25, 0.3) is 0 Å². The Hall–Kier alpha value is -2.05. The minimum atomic E-state index is -0.505. The highest BCUT2D eigenvalue weighted by molar-refractivity contribution is 7.13. The molecule has 3 N–H and O–H groups in total. The molecule has 1 aliphatic rings. The number of carbonyl (C=O) groups excluding carboxylic acids is 1. The lowest BCUT2D eigenvalue weighted by atomic mass is 10.1. The lowest BCUT2D eigenvalue weighted by molar-refractivity contribution is -0.0203. The Morgan fingerprint density at radius 3 is 3.04 bits per heavy atom. The molecule has 122 valence electrons. The monoisotopic (exact) mass is 332 g/mol. The van der Waals surface area contributed by atoms with Crippen LogP contribution in [0.25, 0.3) is 10.4 Å². The van der Waals surface area contributed by atoms with E-state index in [1.54, 1.807) is 17.4 Å². The summed E-state index contributed by atoms with van der Waals surface area (Å²) in [6, 6.07) is 9.60. The number of hydrogen-bond donors (Lipinski definition) is 2. The van der Waals surface area contributed by atoms with E-state index in [4.69, 9.17) is 15.2 Å². The zero-order valence-corrected chi connectivity index (χ0v) is 13.6. The number of ether oxygens (including phenoxy) is 2. The molecule has 1 aromatic carbocycles. The van der Waals surface area contributed by atoms with Gasteiger partial charge >= 0.3 is 6.09 Å². The van der Waals surface area contributed by atoms with Gasteiger partial charge in [0.1, 0.15) is 6.61 Å². The Balaban J connectivity index is 1.60. The number of benzene rings is 1. The van der Waals surface area contributed by atoms with Crippen LogP contribution in [0.5, 0.6) is 0 Å². The van der Waals surface area contributed by atoms with Gasteiger partial charge in [-0.2, -0.15) is 0 Å². The van der Waals surface area contributed by atoms with Gasteiger partial charge in [0.05, 0.1) is 17.5 Å². The van der Waals surface area contributed by atoms with Crippen molar-refractivity contribution in [2.24, 2.45) is 0 Å². The van der Waals surface area contributed by atoms with E-state index in [9.17, 15) is 4.79 Å². The molecule has 1 unspecified atom stereocenters. The van der Waals surface area contributed by atoms with Crippen LogP contribution in [0.15, 0.2) is 35.7 Å². The van der Waals surface area contributed by atoms with Crippen molar-refractivity contribution in [1.29, 1.82) is 0 Å². The number of nitrogens with two attached hydrogens (primary N) is 1. The van der Waals surface area contributed by atoms with E-state index in [1.807, 2.05) is 29.6 Å². The normalized spacial score (nSPS) is 17.7. The first-order chi connectivity index (χ1) is 11.2. The molecule has 23 heavy (non-hydrogen) atoms. The maximum Gasteiger partial charge on any atom is 0.411 e. The predicted octanol–water partition coefficient (Wildman–Crippen LogP) is 4.11. The van der Waals surface area contributed by atoms with Crippen LogP contribution >= 0.6 is 11.3 Å². The van der Waals surface area contributed by atoms with Crippen molar-refractivity contribution in [3.63, 3.8) is 0 Å². The van der Waals surface area contributed by atoms with Crippen LogP contribution in [0.3, 0.4) is 0 Å². The van der Waals surface area contributed by atoms with E-state index in [0.717, 1.165) is 36.3 Å². The maximum atomic E-state index is 12.0. The molecule has 2 heterocycles. The van der Waals surface area contributed by atoms with Gasteiger partial charge in [0.15, 0.2) is 0 Å². The Labute approximate surface area is 139 Å². The SMILES string of the molecule is Nc1ccc(-c2cccs2)cc1NC(=O)OCC1CCCCO1. The van der Waals surface area contributed by atoms with E-state index < -0.39 is 6.09 Å². The van der Waals surface area contributed by atoms with Gasteiger partial charge in [-0.05, 0) is 48.4 Å². The number of nitrogens with one attached hydrogen (secondary N) is 1. The molecule has 1 amide bonds. The largest absolute Gasteiger partial charge is 0.447 e. The number of carbonyl (C=O) groups is 1. The topological polar surface area (TPSA) is 73.6 Å². The second-order valence-corrected chi connectivity index (χ2v) is 6.44. The van der Waals surface area contributed by atoms with Crippen LogP contribution in [-0.2, 0) is 9.47 Å². The fraction of sp³-hybridized carbons (Fsp3) is 0.353. The zero-order valence-electron chi connectivity index (χ0n) is 12.8. The highest BCUT2D eigenvalue weighted by atomic mass is 32.1. The van der Waals surface area contributed by atoms with Gasteiger partial charge in [-0.1, -0.05) is 12.1 Å². The maximum absolute atomic E-state index is 12.0. The van der Waals surface area contributed by atoms with E-state index in [1.165, 1.54) is 0 Å². The molecular weight excluding hydrogens is 312 g/mol. The molecule has 0 aliphatic carbocycles. The third-order valence-electron chi connectivity index (χ3n) is 3.77. The predicted molar refractivity (Wildman–Crippen MR) is 92.7 cm³/mol. The average Bonchev–Trinajstić information content (AvgIpc) is 3.10. The number of hydrogen-bond acceptors (Lipinski definition) is 5. The van der Waals surface area contributed by atoms with Crippen molar-refractivity contribution < 1.29 is 14.3 Å². The van der Waals surface area contributed by atoms with Gasteiger partial charge in [0.2, 0.25) is 0 Å². The van der Waals surface area contributed by atoms with Crippen LogP contribution in [0.1, 0.15) is 19.3 Å². The first-order valence-corrected chi connectivity index (χ1v) is 8.59. The first kappa shape index (κ1) is 15.8. The van der Waals surface area contributed by atoms with Gasteiger partial charge in [-0.25, -0.2) is 4.79 Å². The fourth-order valence-electron chi connectivity index (χ4n) is 2.51. The van der Waals surface area contributed by atoms with Gasteiger partial charge in [-0.15, -0.1) is 11.3 Å². The lowest BCUT2D eigenvalue weighted by Crippen LogP contribution is -2.27. The second kappa shape index (κ2) is 7.48. The first-order valence-electron chi connectivity index (χ1n) is 7.71. The Bertz CT molecular complexity index is 652. The highest BCUT2D eigenvalue weighted by Crippen LogP contribution is 2.30. The molecule has 1 atom stereocenters. The van der Waals surface area contributed by atoms with Crippen molar-refractivity contribution in [1.82, 2.24) is 0 Å². The number of rotatable bonds is 4. The van der Waals surface area contributed by atoms with E-state index >= 15 is 0 Å². The van der Waals surface area contributed by atoms with Crippen molar-refractivity contribution in [2.75, 3.05) is 24.3 Å². The minimum Gasteiger partial charge on any atom is -0.447 e. The Kier molecular flexibility index (Phi) is 5.15. The van der Waals surface area contributed by atoms with E-state index in [0.29, 0.717) is 11.4 Å². The van der Waals surface area contributed by atoms with Crippen LogP contribution in [0, 0.1) is 0 Å². The van der Waals surface area contributed by atoms with E-state index in [-0.39, 0.29) is 12.7 Å². The third-order valence-corrected chi connectivity index (χ3v) is 4.69. The molecule has 3 rings (SSSR count). The zero-order chi connectivity index (χ0) is 16.1. The smallest absolute Gasteiger partial charge is 0.411 e. The van der Waals surface area contributed by atoms with Crippen LogP contribution in [0.2, 0.25) is 0 Å². The summed E-state index contributed by atoms with van der Waals surface area (Å²) in [7, 11) is 0. The Morgan fingerprint density at radius 1 is 1.39 bits per heavy atom. The lowest BCUT2D eigenvalue weighted by Gasteiger charge is -2.22. The molecule has 0 radical (unpaired) electrons. The van der Waals surface area contributed by atoms with E-state index in [2.05, 4.69) is 5.32 Å². The molecular formula is C17H20N2O3S. The Morgan fingerprint density at radius 2 is 2.30 bits per heavy atom. The summed E-state index contributed by atoms with van der Waals surface area (Å²) < 4.78 is 10.8. The molecule has 0 bridgehead atoms. The van der Waals surface area contributed by atoms with Gasteiger partial charge < -0.3 is 15.2 Å². The van der Waals surface area contributed by atoms with Gasteiger partial charge in [-0.3, -0.25) is 5.32 Å². The van der Waals surface area contributed by atoms with Crippen molar-refractivity contribution in [2.45, 2.75) is 25.4 Å². The molecule has 6 heteroatoms. The summed E-state index contributed by atoms with van der Waals surface area (Å²) in [5.74, 6) is 0. The molecule has 2 aromatic rings. The molecule has 5 nitrogen and oxygen atoms in total. The highest BCUT2D eigenvalue weighted by Gasteiger charge is 2.16. The number of thiophene rings is 1. The fourth-order valence-corrected chi connectivity index (χ4v) is 3.24.